The van der Waals surface area contributed by atoms with Crippen LogP contribution in [0, 0.1) is 11.8 Å². The van der Waals surface area contributed by atoms with Gasteiger partial charge in [-0.15, -0.1) is 0 Å². The molecule has 0 aliphatic heterocycles. The van der Waals surface area contributed by atoms with Gasteiger partial charge in [0.05, 0.1) is 19.3 Å². The second-order valence-corrected chi connectivity index (χ2v) is 23.2. The number of ether oxygens (including phenoxy) is 1. The predicted octanol–water partition coefficient (Wildman–Crippen LogP) is 7.90. The van der Waals surface area contributed by atoms with E-state index in [9.17, 15) is 9.59 Å². The topological polar surface area (TPSA) is 61.8 Å². The van der Waals surface area contributed by atoms with Gasteiger partial charge in [-0.05, 0) is 73.8 Å². The van der Waals surface area contributed by atoms with E-state index >= 15 is 0 Å². The summed E-state index contributed by atoms with van der Waals surface area (Å²) in [4.78, 5) is 22.8. The second-order valence-electron chi connectivity index (χ2n) is 13.7. The molecule has 0 saturated heterocycles. The minimum Gasteiger partial charge on any atom is -0.469 e. The van der Waals surface area contributed by atoms with Crippen LogP contribution in [-0.2, 0) is 23.2 Å². The molecule has 1 aliphatic carbocycles. The van der Waals surface area contributed by atoms with Crippen molar-refractivity contribution in [2.24, 2.45) is 11.8 Å². The summed E-state index contributed by atoms with van der Waals surface area (Å²) in [6, 6.07) is 0. The maximum atomic E-state index is 11.4. The minimum absolute atomic E-state index is 0.122. The monoisotopic (exact) mass is 528 g/mol. The van der Waals surface area contributed by atoms with Crippen molar-refractivity contribution < 1.29 is 23.2 Å². The van der Waals surface area contributed by atoms with Crippen LogP contribution in [0.25, 0.3) is 0 Å². The lowest BCUT2D eigenvalue weighted by Crippen LogP contribution is -2.45. The Morgan fingerprint density at radius 2 is 1.26 bits per heavy atom. The third-order valence-corrected chi connectivity index (χ3v) is 18.0. The van der Waals surface area contributed by atoms with Crippen molar-refractivity contribution in [2.75, 3.05) is 7.11 Å². The van der Waals surface area contributed by atoms with Crippen molar-refractivity contribution in [3.05, 3.63) is 0 Å². The summed E-state index contributed by atoms with van der Waals surface area (Å²) in [6.45, 7) is 23.2. The Kier molecular flexibility index (Phi) is 12.4. The average molecular weight is 529 g/mol. The summed E-state index contributed by atoms with van der Waals surface area (Å²) < 4.78 is 18.9. The smallest absolute Gasteiger partial charge is 0.305 e. The zero-order chi connectivity index (χ0) is 27.1. The van der Waals surface area contributed by atoms with Gasteiger partial charge in [0.1, 0.15) is 6.29 Å². The standard InChI is InChI=1S/C28H56O5Si2/c1-27(2,3)34(8,9)32-24-21-25(33-35(10,11)28(4,5)6)23(18-16-20-29)22(24)17-14-12-13-15-19-26(30)31-7/h20,22-25H,12-19,21H2,1-11H3. The Balaban J connectivity index is 3.06. The molecule has 0 aromatic rings. The molecule has 4 unspecified atom stereocenters. The summed E-state index contributed by atoms with van der Waals surface area (Å²) >= 11 is 0. The van der Waals surface area contributed by atoms with Gasteiger partial charge in [0.15, 0.2) is 16.6 Å². The van der Waals surface area contributed by atoms with Gasteiger partial charge >= 0.3 is 5.97 Å². The fourth-order valence-corrected chi connectivity index (χ4v) is 7.44. The van der Waals surface area contributed by atoms with E-state index in [2.05, 4.69) is 67.7 Å². The predicted molar refractivity (Wildman–Crippen MR) is 151 cm³/mol. The van der Waals surface area contributed by atoms with Crippen LogP contribution >= 0.6 is 0 Å². The maximum Gasteiger partial charge on any atom is 0.305 e. The van der Waals surface area contributed by atoms with Gasteiger partial charge in [-0.3, -0.25) is 4.79 Å². The van der Waals surface area contributed by atoms with Crippen molar-refractivity contribution in [1.29, 1.82) is 0 Å². The van der Waals surface area contributed by atoms with Crippen LogP contribution in [0.4, 0.5) is 0 Å². The van der Waals surface area contributed by atoms with Crippen LogP contribution in [0.2, 0.25) is 36.3 Å². The second kappa shape index (κ2) is 13.3. The van der Waals surface area contributed by atoms with Crippen LogP contribution in [0.3, 0.4) is 0 Å². The maximum absolute atomic E-state index is 11.4. The molecule has 0 N–H and O–H groups in total. The highest BCUT2D eigenvalue weighted by molar-refractivity contribution is 6.74. The lowest BCUT2D eigenvalue weighted by Gasteiger charge is -2.40. The molecule has 0 aromatic carbocycles. The van der Waals surface area contributed by atoms with Crippen LogP contribution in [0.1, 0.15) is 99.3 Å². The van der Waals surface area contributed by atoms with Crippen LogP contribution in [0.15, 0.2) is 0 Å². The van der Waals surface area contributed by atoms with E-state index in [1.807, 2.05) is 0 Å². The Morgan fingerprint density at radius 1 is 0.800 bits per heavy atom. The van der Waals surface area contributed by atoms with Crippen LogP contribution in [0.5, 0.6) is 0 Å². The summed E-state index contributed by atoms with van der Waals surface area (Å²) in [7, 11) is -2.43. The Bertz CT molecular complexity index is 663. The minimum atomic E-state index is -1.95. The van der Waals surface area contributed by atoms with E-state index in [1.54, 1.807) is 0 Å². The molecule has 4 atom stereocenters. The van der Waals surface area contributed by atoms with Gasteiger partial charge in [0, 0.05) is 12.8 Å². The normalized spacial score (nSPS) is 24.0. The number of methoxy groups -OCH3 is 1. The molecule has 1 aliphatic rings. The molecular weight excluding hydrogens is 472 g/mol. The third kappa shape index (κ3) is 9.71. The molecule has 5 nitrogen and oxygen atoms in total. The summed E-state index contributed by atoms with van der Waals surface area (Å²) in [5.41, 5.74) is 0. The largest absolute Gasteiger partial charge is 0.469 e. The van der Waals surface area contributed by atoms with Crippen molar-refractivity contribution in [1.82, 2.24) is 0 Å². The first-order valence-electron chi connectivity index (χ1n) is 13.8. The molecule has 206 valence electrons. The van der Waals surface area contributed by atoms with Gasteiger partial charge in [-0.1, -0.05) is 60.8 Å². The molecule has 0 radical (unpaired) electrons. The quantitative estimate of drug-likeness (QED) is 0.0992. The summed E-state index contributed by atoms with van der Waals surface area (Å²) in [5.74, 6) is 0.654. The lowest BCUT2D eigenvalue weighted by atomic mass is 9.85. The molecule has 7 heteroatoms. The van der Waals surface area contributed by atoms with Crippen molar-refractivity contribution >= 4 is 28.9 Å². The fourth-order valence-electron chi connectivity index (χ4n) is 4.68. The van der Waals surface area contributed by atoms with E-state index in [-0.39, 0.29) is 28.3 Å². The zero-order valence-electron chi connectivity index (χ0n) is 24.8. The number of carbonyl (C=O) groups excluding carboxylic acids is 2. The average Bonchev–Trinajstić information content (AvgIpc) is 3.01. The number of aldehydes is 1. The van der Waals surface area contributed by atoms with Gasteiger partial charge in [0.25, 0.3) is 0 Å². The van der Waals surface area contributed by atoms with E-state index in [1.165, 1.54) is 7.11 Å². The molecule has 1 fully saturated rings. The molecule has 0 heterocycles. The van der Waals surface area contributed by atoms with Gasteiger partial charge in [-0.2, -0.15) is 0 Å². The van der Waals surface area contributed by atoms with Gasteiger partial charge in [-0.25, -0.2) is 0 Å². The zero-order valence-corrected chi connectivity index (χ0v) is 26.8. The Hall–Kier alpha value is -0.506. The highest BCUT2D eigenvalue weighted by Crippen LogP contribution is 2.48. The highest BCUT2D eigenvalue weighted by atomic mass is 28.4. The van der Waals surface area contributed by atoms with E-state index in [0.29, 0.717) is 24.7 Å². The molecule has 0 aromatic heterocycles. The summed E-state index contributed by atoms with van der Waals surface area (Å²) in [5, 5.41) is 0.303. The molecule has 1 saturated carbocycles. The molecule has 35 heavy (non-hydrogen) atoms. The SMILES string of the molecule is COC(=O)CCCCCCC1C(O[Si](C)(C)C(C)(C)C)CC(O[Si](C)(C)C(C)(C)C)C1CCC=O. The van der Waals surface area contributed by atoms with Crippen molar-refractivity contribution in [2.45, 2.75) is 148 Å². The van der Waals surface area contributed by atoms with E-state index in [0.717, 1.165) is 51.2 Å². The van der Waals surface area contributed by atoms with Gasteiger partial charge < -0.3 is 18.4 Å². The van der Waals surface area contributed by atoms with E-state index < -0.39 is 16.6 Å². The third-order valence-electron chi connectivity index (χ3n) is 8.99. The number of hydrogen-bond donors (Lipinski definition) is 0. The molecular formula is C28H56O5Si2. The van der Waals surface area contributed by atoms with Gasteiger partial charge in [0.2, 0.25) is 0 Å². The Labute approximate surface area is 218 Å². The van der Waals surface area contributed by atoms with E-state index in [4.69, 9.17) is 13.6 Å². The molecule has 0 bridgehead atoms. The van der Waals surface area contributed by atoms with Crippen LogP contribution < -0.4 is 0 Å². The number of esters is 1. The first-order chi connectivity index (χ1) is 16.0. The number of hydrogen-bond acceptors (Lipinski definition) is 5. The number of rotatable bonds is 14. The highest BCUT2D eigenvalue weighted by Gasteiger charge is 2.50. The van der Waals surface area contributed by atoms with Crippen molar-refractivity contribution in [3.63, 3.8) is 0 Å². The lowest BCUT2D eigenvalue weighted by molar-refractivity contribution is -0.140. The molecule has 0 amide bonds. The summed E-state index contributed by atoms with van der Waals surface area (Å²) in [6.07, 6.45) is 9.57. The molecule has 0 spiro atoms. The molecule has 1 rings (SSSR count). The number of carbonyl (C=O) groups is 2. The first kappa shape index (κ1) is 32.5. The van der Waals surface area contributed by atoms with Crippen molar-refractivity contribution in [3.8, 4) is 0 Å². The van der Waals surface area contributed by atoms with Crippen LogP contribution in [-0.4, -0.2) is 48.2 Å². The fraction of sp³-hybridized carbons (Fsp3) is 0.929. The Morgan fingerprint density at radius 3 is 1.69 bits per heavy atom. The first-order valence-corrected chi connectivity index (χ1v) is 19.6. The number of unbranched alkanes of at least 4 members (excludes halogenated alkanes) is 3.